The highest BCUT2D eigenvalue weighted by Crippen LogP contribution is 2.28. The Bertz CT molecular complexity index is 581. The lowest BCUT2D eigenvalue weighted by Crippen LogP contribution is -2.16. The molecule has 0 saturated carbocycles. The van der Waals surface area contributed by atoms with Crippen LogP contribution in [0.15, 0.2) is 30.3 Å². The molecular weight excluding hydrogens is 260 g/mol. The molecule has 2 rings (SSSR count). The second-order valence-electron chi connectivity index (χ2n) is 5.11. The van der Waals surface area contributed by atoms with Crippen LogP contribution in [0.4, 0.5) is 17.3 Å². The van der Waals surface area contributed by atoms with E-state index in [0.29, 0.717) is 0 Å². The van der Waals surface area contributed by atoms with E-state index in [1.165, 1.54) is 0 Å². The maximum Gasteiger partial charge on any atom is 0.141 e. The average Bonchev–Trinajstić information content (AvgIpc) is 2.54. The molecule has 0 saturated heterocycles. The third kappa shape index (κ3) is 3.51. The summed E-state index contributed by atoms with van der Waals surface area (Å²) in [4.78, 5) is 11.4. The average molecular weight is 284 g/mol. The minimum atomic E-state index is 0.830. The third-order valence-corrected chi connectivity index (χ3v) is 3.49. The summed E-state index contributed by atoms with van der Waals surface area (Å²) in [5.74, 6) is 2.78. The van der Waals surface area contributed by atoms with Crippen LogP contribution in [0, 0.1) is 6.92 Å². The molecule has 0 aliphatic rings. The summed E-state index contributed by atoms with van der Waals surface area (Å²) in [5, 5.41) is 3.41. The standard InChI is InChI=1S/C17H24N4/c1-5-12-18-16-13(3)17(20-15(6-2)19-16)21(4)14-10-8-7-9-11-14/h7-11H,5-6,12H2,1-4H3,(H,18,19,20). The second kappa shape index (κ2) is 7.07. The Morgan fingerprint density at radius 3 is 2.43 bits per heavy atom. The van der Waals surface area contributed by atoms with Gasteiger partial charge in [0, 0.05) is 31.3 Å². The van der Waals surface area contributed by atoms with Crippen LogP contribution in [-0.4, -0.2) is 23.6 Å². The molecule has 2 aromatic rings. The van der Waals surface area contributed by atoms with E-state index in [1.54, 1.807) is 0 Å². The van der Waals surface area contributed by atoms with Crippen LogP contribution in [0.2, 0.25) is 0 Å². The van der Waals surface area contributed by atoms with Gasteiger partial charge in [0.15, 0.2) is 0 Å². The first-order valence-corrected chi connectivity index (χ1v) is 7.57. The van der Waals surface area contributed by atoms with E-state index in [0.717, 1.165) is 48.1 Å². The van der Waals surface area contributed by atoms with Crippen molar-refractivity contribution < 1.29 is 0 Å². The normalized spacial score (nSPS) is 10.5. The van der Waals surface area contributed by atoms with Crippen molar-refractivity contribution in [3.05, 3.63) is 41.7 Å². The quantitative estimate of drug-likeness (QED) is 0.872. The zero-order valence-corrected chi connectivity index (χ0v) is 13.3. The van der Waals surface area contributed by atoms with Crippen molar-refractivity contribution in [1.82, 2.24) is 9.97 Å². The number of benzene rings is 1. The van der Waals surface area contributed by atoms with Crippen LogP contribution in [0.5, 0.6) is 0 Å². The number of para-hydroxylation sites is 1. The lowest BCUT2D eigenvalue weighted by molar-refractivity contribution is 0.897. The van der Waals surface area contributed by atoms with Gasteiger partial charge in [0.2, 0.25) is 0 Å². The Hall–Kier alpha value is -2.10. The smallest absolute Gasteiger partial charge is 0.141 e. The summed E-state index contributed by atoms with van der Waals surface area (Å²) in [7, 11) is 2.05. The van der Waals surface area contributed by atoms with E-state index in [4.69, 9.17) is 4.98 Å². The lowest BCUT2D eigenvalue weighted by Gasteiger charge is -2.22. The van der Waals surface area contributed by atoms with Crippen molar-refractivity contribution in [2.75, 3.05) is 23.8 Å². The molecule has 0 bridgehead atoms. The predicted molar refractivity (Wildman–Crippen MR) is 89.4 cm³/mol. The molecule has 1 aromatic carbocycles. The van der Waals surface area contributed by atoms with E-state index < -0.39 is 0 Å². The van der Waals surface area contributed by atoms with E-state index in [9.17, 15) is 0 Å². The first-order chi connectivity index (χ1) is 10.2. The summed E-state index contributed by atoms with van der Waals surface area (Å²) in [6.45, 7) is 7.24. The van der Waals surface area contributed by atoms with Gasteiger partial charge in [0.1, 0.15) is 17.5 Å². The van der Waals surface area contributed by atoms with Gasteiger partial charge in [0.05, 0.1) is 0 Å². The summed E-state index contributed by atoms with van der Waals surface area (Å²) in [5.41, 5.74) is 2.22. The SMILES string of the molecule is CCCNc1nc(CC)nc(N(C)c2ccccc2)c1C. The molecule has 0 aliphatic heterocycles. The fourth-order valence-electron chi connectivity index (χ4n) is 2.22. The Morgan fingerprint density at radius 1 is 1.10 bits per heavy atom. The number of hydrogen-bond donors (Lipinski definition) is 1. The van der Waals surface area contributed by atoms with E-state index in [-0.39, 0.29) is 0 Å². The van der Waals surface area contributed by atoms with Crippen LogP contribution < -0.4 is 10.2 Å². The summed E-state index contributed by atoms with van der Waals surface area (Å²) in [6, 6.07) is 10.3. The largest absolute Gasteiger partial charge is 0.370 e. The monoisotopic (exact) mass is 284 g/mol. The Morgan fingerprint density at radius 2 is 1.81 bits per heavy atom. The van der Waals surface area contributed by atoms with Gasteiger partial charge >= 0.3 is 0 Å². The highest BCUT2D eigenvalue weighted by atomic mass is 15.2. The molecule has 1 aromatic heterocycles. The van der Waals surface area contributed by atoms with Crippen LogP contribution in [-0.2, 0) is 6.42 Å². The van der Waals surface area contributed by atoms with E-state index in [1.807, 2.05) is 25.2 Å². The lowest BCUT2D eigenvalue weighted by atomic mass is 10.2. The Kier molecular flexibility index (Phi) is 5.14. The van der Waals surface area contributed by atoms with Gasteiger partial charge in [-0.25, -0.2) is 9.97 Å². The van der Waals surface area contributed by atoms with Crippen LogP contribution in [0.1, 0.15) is 31.7 Å². The van der Waals surface area contributed by atoms with Gasteiger partial charge in [-0.3, -0.25) is 0 Å². The predicted octanol–water partition coefficient (Wildman–Crippen LogP) is 3.94. The summed E-state index contributed by atoms with van der Waals surface area (Å²) < 4.78 is 0. The number of nitrogens with one attached hydrogen (secondary N) is 1. The third-order valence-electron chi connectivity index (χ3n) is 3.49. The molecule has 0 spiro atoms. The number of aryl methyl sites for hydroxylation is 1. The molecule has 0 fully saturated rings. The van der Waals surface area contributed by atoms with Crippen molar-refractivity contribution in [3.8, 4) is 0 Å². The summed E-state index contributed by atoms with van der Waals surface area (Å²) >= 11 is 0. The molecule has 112 valence electrons. The number of rotatable bonds is 6. The van der Waals surface area contributed by atoms with Gasteiger partial charge in [-0.1, -0.05) is 32.0 Å². The maximum absolute atomic E-state index is 4.71. The number of anilines is 3. The highest BCUT2D eigenvalue weighted by molar-refractivity contribution is 5.66. The molecule has 0 unspecified atom stereocenters. The maximum atomic E-state index is 4.71. The van der Waals surface area contributed by atoms with Crippen molar-refractivity contribution in [2.24, 2.45) is 0 Å². The Labute approximate surface area is 127 Å². The zero-order valence-electron chi connectivity index (χ0n) is 13.3. The fourth-order valence-corrected chi connectivity index (χ4v) is 2.22. The minimum Gasteiger partial charge on any atom is -0.370 e. The molecule has 0 amide bonds. The topological polar surface area (TPSA) is 41.1 Å². The first-order valence-electron chi connectivity index (χ1n) is 7.57. The molecule has 21 heavy (non-hydrogen) atoms. The zero-order chi connectivity index (χ0) is 15.2. The van der Waals surface area contributed by atoms with Crippen LogP contribution in [0.25, 0.3) is 0 Å². The number of aromatic nitrogens is 2. The minimum absolute atomic E-state index is 0.830. The molecule has 0 radical (unpaired) electrons. The molecule has 1 heterocycles. The van der Waals surface area contributed by atoms with Crippen LogP contribution in [0.3, 0.4) is 0 Å². The van der Waals surface area contributed by atoms with Gasteiger partial charge in [-0.15, -0.1) is 0 Å². The van der Waals surface area contributed by atoms with Crippen LogP contribution >= 0.6 is 0 Å². The molecule has 1 N–H and O–H groups in total. The summed E-state index contributed by atoms with van der Waals surface area (Å²) in [6.07, 6.45) is 1.91. The van der Waals surface area contributed by atoms with Crippen molar-refractivity contribution in [2.45, 2.75) is 33.6 Å². The molecular formula is C17H24N4. The van der Waals surface area contributed by atoms with Crippen molar-refractivity contribution >= 4 is 17.3 Å². The molecule has 4 heteroatoms. The van der Waals surface area contributed by atoms with Crippen molar-refractivity contribution in [1.29, 1.82) is 0 Å². The van der Waals surface area contributed by atoms with Gasteiger partial charge in [0.25, 0.3) is 0 Å². The fraction of sp³-hybridized carbons (Fsp3) is 0.412. The first kappa shape index (κ1) is 15.3. The van der Waals surface area contributed by atoms with E-state index >= 15 is 0 Å². The molecule has 0 atom stereocenters. The van der Waals surface area contributed by atoms with Gasteiger partial charge < -0.3 is 10.2 Å². The van der Waals surface area contributed by atoms with Crippen molar-refractivity contribution in [3.63, 3.8) is 0 Å². The number of nitrogens with zero attached hydrogens (tertiary/aromatic N) is 3. The Balaban J connectivity index is 2.42. The second-order valence-corrected chi connectivity index (χ2v) is 5.11. The number of hydrogen-bond acceptors (Lipinski definition) is 4. The molecule has 0 aliphatic carbocycles. The molecule has 4 nitrogen and oxygen atoms in total. The van der Waals surface area contributed by atoms with Gasteiger partial charge in [-0.2, -0.15) is 0 Å². The highest BCUT2D eigenvalue weighted by Gasteiger charge is 2.14. The van der Waals surface area contributed by atoms with E-state index in [2.05, 4.69) is 48.1 Å². The van der Waals surface area contributed by atoms with Gasteiger partial charge in [-0.05, 0) is 25.5 Å².